The Kier molecular flexibility index (Phi) is 3.25. The van der Waals surface area contributed by atoms with Crippen LogP contribution in [0.25, 0.3) is 0 Å². The molecule has 4 heteroatoms. The van der Waals surface area contributed by atoms with Gasteiger partial charge >= 0.3 is 0 Å². The standard InChI is InChI=1S/C13H15BrFNO/c1-13(2,8-6-7-8)16-12(17)9-4-3-5-10(15)11(9)14/h3-5,8H,6-7H2,1-2H3,(H,16,17). The summed E-state index contributed by atoms with van der Waals surface area (Å²) >= 11 is 3.11. The largest absolute Gasteiger partial charge is 0.347 e. The zero-order chi connectivity index (χ0) is 12.6. The summed E-state index contributed by atoms with van der Waals surface area (Å²) in [7, 11) is 0. The third kappa shape index (κ3) is 2.68. The topological polar surface area (TPSA) is 29.1 Å². The monoisotopic (exact) mass is 299 g/mol. The van der Waals surface area contributed by atoms with Crippen molar-refractivity contribution >= 4 is 21.8 Å². The zero-order valence-corrected chi connectivity index (χ0v) is 11.5. The Morgan fingerprint density at radius 1 is 1.47 bits per heavy atom. The molecule has 0 bridgehead atoms. The number of amides is 1. The van der Waals surface area contributed by atoms with Crippen LogP contribution in [0, 0.1) is 11.7 Å². The normalized spacial score (nSPS) is 15.8. The number of hydrogen-bond acceptors (Lipinski definition) is 1. The molecule has 0 aliphatic heterocycles. The fraction of sp³-hybridized carbons (Fsp3) is 0.462. The van der Waals surface area contributed by atoms with Crippen molar-refractivity contribution in [1.29, 1.82) is 0 Å². The van der Waals surface area contributed by atoms with Crippen LogP contribution in [0.1, 0.15) is 37.0 Å². The summed E-state index contributed by atoms with van der Waals surface area (Å²) in [6.07, 6.45) is 2.30. The zero-order valence-electron chi connectivity index (χ0n) is 9.89. The summed E-state index contributed by atoms with van der Waals surface area (Å²) in [6.45, 7) is 4.02. The average molecular weight is 300 g/mol. The van der Waals surface area contributed by atoms with Crippen LogP contribution in [0.5, 0.6) is 0 Å². The molecule has 0 saturated heterocycles. The molecule has 1 aliphatic carbocycles. The van der Waals surface area contributed by atoms with Crippen LogP contribution in [-0.4, -0.2) is 11.4 Å². The van der Waals surface area contributed by atoms with Crippen molar-refractivity contribution in [3.05, 3.63) is 34.1 Å². The Hall–Kier alpha value is -0.900. The van der Waals surface area contributed by atoms with E-state index in [1.807, 2.05) is 13.8 Å². The summed E-state index contributed by atoms with van der Waals surface area (Å²) in [5.74, 6) is -0.103. The van der Waals surface area contributed by atoms with Gasteiger partial charge in [0, 0.05) is 5.54 Å². The van der Waals surface area contributed by atoms with Crippen LogP contribution in [0.2, 0.25) is 0 Å². The Morgan fingerprint density at radius 2 is 2.12 bits per heavy atom. The molecule has 1 aliphatic rings. The molecule has 1 N–H and O–H groups in total. The summed E-state index contributed by atoms with van der Waals surface area (Å²) in [5, 5.41) is 2.97. The van der Waals surface area contributed by atoms with E-state index in [1.165, 1.54) is 6.07 Å². The third-order valence-electron chi connectivity index (χ3n) is 3.23. The van der Waals surface area contributed by atoms with Crippen molar-refractivity contribution in [2.75, 3.05) is 0 Å². The fourth-order valence-electron chi connectivity index (χ4n) is 1.95. The van der Waals surface area contributed by atoms with Gasteiger partial charge in [-0.05, 0) is 60.7 Å². The first-order chi connectivity index (χ1) is 7.92. The van der Waals surface area contributed by atoms with Gasteiger partial charge in [-0.3, -0.25) is 4.79 Å². The Balaban J connectivity index is 2.17. The Morgan fingerprint density at radius 3 is 2.71 bits per heavy atom. The molecule has 1 saturated carbocycles. The molecule has 0 heterocycles. The van der Waals surface area contributed by atoms with E-state index in [9.17, 15) is 9.18 Å². The van der Waals surface area contributed by atoms with Crippen molar-refractivity contribution in [3.63, 3.8) is 0 Å². The highest BCUT2D eigenvalue weighted by atomic mass is 79.9. The average Bonchev–Trinajstić information content (AvgIpc) is 3.04. The number of carbonyl (C=O) groups excluding carboxylic acids is 1. The number of nitrogens with one attached hydrogen (secondary N) is 1. The van der Waals surface area contributed by atoms with Gasteiger partial charge in [0.05, 0.1) is 10.0 Å². The van der Waals surface area contributed by atoms with Gasteiger partial charge in [0.2, 0.25) is 0 Å². The molecule has 0 spiro atoms. The van der Waals surface area contributed by atoms with E-state index >= 15 is 0 Å². The van der Waals surface area contributed by atoms with Crippen molar-refractivity contribution < 1.29 is 9.18 Å². The fourth-order valence-corrected chi connectivity index (χ4v) is 2.39. The van der Waals surface area contributed by atoms with Gasteiger partial charge in [0.1, 0.15) is 5.82 Å². The molecule has 1 aromatic carbocycles. The van der Waals surface area contributed by atoms with E-state index in [-0.39, 0.29) is 15.9 Å². The van der Waals surface area contributed by atoms with Crippen LogP contribution >= 0.6 is 15.9 Å². The maximum Gasteiger partial charge on any atom is 0.252 e. The second-order valence-corrected chi connectivity index (χ2v) is 5.84. The minimum Gasteiger partial charge on any atom is -0.347 e. The molecular formula is C13H15BrFNO. The number of rotatable bonds is 3. The third-order valence-corrected chi connectivity index (χ3v) is 4.04. The molecule has 17 heavy (non-hydrogen) atoms. The predicted octanol–water partition coefficient (Wildman–Crippen LogP) is 3.51. The minimum atomic E-state index is -0.415. The lowest BCUT2D eigenvalue weighted by atomic mass is 9.98. The Labute approximate surface area is 109 Å². The summed E-state index contributed by atoms with van der Waals surface area (Å²) < 4.78 is 13.5. The molecule has 2 rings (SSSR count). The van der Waals surface area contributed by atoms with Crippen LogP contribution < -0.4 is 5.32 Å². The second-order valence-electron chi connectivity index (χ2n) is 5.05. The van der Waals surface area contributed by atoms with Crippen molar-refractivity contribution in [3.8, 4) is 0 Å². The highest BCUT2D eigenvalue weighted by Gasteiger charge is 2.39. The van der Waals surface area contributed by atoms with E-state index in [1.54, 1.807) is 12.1 Å². The van der Waals surface area contributed by atoms with Crippen molar-refractivity contribution in [2.24, 2.45) is 5.92 Å². The first-order valence-electron chi connectivity index (χ1n) is 5.68. The van der Waals surface area contributed by atoms with Gasteiger partial charge in [-0.2, -0.15) is 0 Å². The van der Waals surface area contributed by atoms with Gasteiger partial charge < -0.3 is 5.32 Å². The van der Waals surface area contributed by atoms with Gasteiger partial charge in [-0.15, -0.1) is 0 Å². The molecule has 1 fully saturated rings. The lowest BCUT2D eigenvalue weighted by Crippen LogP contribution is -2.45. The lowest BCUT2D eigenvalue weighted by Gasteiger charge is -2.26. The predicted molar refractivity (Wildman–Crippen MR) is 68.4 cm³/mol. The van der Waals surface area contributed by atoms with E-state index in [0.29, 0.717) is 11.5 Å². The maximum absolute atomic E-state index is 13.3. The number of hydrogen-bond donors (Lipinski definition) is 1. The van der Waals surface area contributed by atoms with E-state index < -0.39 is 5.82 Å². The van der Waals surface area contributed by atoms with Crippen molar-refractivity contribution in [1.82, 2.24) is 5.32 Å². The van der Waals surface area contributed by atoms with Gasteiger partial charge in [-0.25, -0.2) is 4.39 Å². The quantitative estimate of drug-likeness (QED) is 0.909. The van der Waals surface area contributed by atoms with Crippen LogP contribution in [0.3, 0.4) is 0 Å². The first-order valence-corrected chi connectivity index (χ1v) is 6.47. The van der Waals surface area contributed by atoms with Crippen LogP contribution in [0.4, 0.5) is 4.39 Å². The number of carbonyl (C=O) groups is 1. The minimum absolute atomic E-state index is 0.219. The molecular weight excluding hydrogens is 285 g/mol. The summed E-state index contributed by atoms with van der Waals surface area (Å²) in [5.41, 5.74) is 0.127. The Bertz CT molecular complexity index is 455. The molecule has 1 amide bonds. The summed E-state index contributed by atoms with van der Waals surface area (Å²) in [6, 6.07) is 4.48. The van der Waals surface area contributed by atoms with Gasteiger partial charge in [0.25, 0.3) is 5.91 Å². The van der Waals surface area contributed by atoms with Gasteiger partial charge in [-0.1, -0.05) is 6.07 Å². The first kappa shape index (κ1) is 12.6. The highest BCUT2D eigenvalue weighted by Crippen LogP contribution is 2.39. The van der Waals surface area contributed by atoms with E-state index in [0.717, 1.165) is 12.8 Å². The van der Waals surface area contributed by atoms with Gasteiger partial charge in [0.15, 0.2) is 0 Å². The second kappa shape index (κ2) is 4.41. The number of benzene rings is 1. The van der Waals surface area contributed by atoms with E-state index in [4.69, 9.17) is 0 Å². The molecule has 0 radical (unpaired) electrons. The van der Waals surface area contributed by atoms with E-state index in [2.05, 4.69) is 21.2 Å². The summed E-state index contributed by atoms with van der Waals surface area (Å²) in [4.78, 5) is 12.1. The lowest BCUT2D eigenvalue weighted by molar-refractivity contribution is 0.0902. The molecule has 92 valence electrons. The molecule has 0 unspecified atom stereocenters. The smallest absolute Gasteiger partial charge is 0.252 e. The van der Waals surface area contributed by atoms with Crippen LogP contribution in [0.15, 0.2) is 22.7 Å². The number of halogens is 2. The molecule has 2 nitrogen and oxygen atoms in total. The van der Waals surface area contributed by atoms with Crippen molar-refractivity contribution in [2.45, 2.75) is 32.2 Å². The highest BCUT2D eigenvalue weighted by molar-refractivity contribution is 9.10. The van der Waals surface area contributed by atoms with Crippen LogP contribution in [-0.2, 0) is 0 Å². The molecule has 1 aromatic rings. The SMILES string of the molecule is CC(C)(NC(=O)c1cccc(F)c1Br)C1CC1. The molecule has 0 atom stereocenters. The molecule has 0 aromatic heterocycles. The maximum atomic E-state index is 13.3.